The Morgan fingerprint density at radius 1 is 1.52 bits per heavy atom. The number of likely N-dealkylation sites (N-methyl/N-ethyl adjacent to an activating group) is 1. The Balaban J connectivity index is 2.04. The number of likely N-dealkylation sites (tertiary alicyclic amines) is 1. The summed E-state index contributed by atoms with van der Waals surface area (Å²) in [5.41, 5.74) is 0. The lowest BCUT2D eigenvalue weighted by Gasteiger charge is -2.32. The average molecular weight is 311 g/mol. The third-order valence-corrected chi connectivity index (χ3v) is 5.50. The minimum atomic E-state index is -3.66. The number of hydrogen-bond acceptors (Lipinski definition) is 4. The van der Waals surface area contributed by atoms with Crippen LogP contribution in [0.5, 0.6) is 0 Å². The number of sulfonamides is 1. The molecule has 2 heterocycles. The predicted octanol–water partition coefficient (Wildman–Crippen LogP) is 0.961. The van der Waals surface area contributed by atoms with Crippen LogP contribution >= 0.6 is 0 Å². The number of aromatic nitrogens is 1. The monoisotopic (exact) mass is 311 g/mol. The molecule has 1 aliphatic rings. The van der Waals surface area contributed by atoms with Gasteiger partial charge in [-0.15, -0.1) is 0 Å². The number of amides is 1. The second kappa shape index (κ2) is 6.53. The van der Waals surface area contributed by atoms with Crippen LogP contribution in [0.4, 0.5) is 0 Å². The van der Waals surface area contributed by atoms with Crippen LogP contribution in [0.25, 0.3) is 0 Å². The number of carbonyl (C=O) groups is 1. The topological polar surface area (TPSA) is 70.6 Å². The summed E-state index contributed by atoms with van der Waals surface area (Å²) in [6, 6.07) is 3.04. The molecule has 0 spiro atoms. The largest absolute Gasteiger partial charge is 0.341 e. The Hall–Kier alpha value is -1.47. The van der Waals surface area contributed by atoms with Gasteiger partial charge in [0.15, 0.2) is 0 Å². The van der Waals surface area contributed by atoms with Crippen LogP contribution in [0.3, 0.4) is 0 Å². The van der Waals surface area contributed by atoms with Crippen LogP contribution in [0.15, 0.2) is 29.4 Å². The second-order valence-corrected chi connectivity index (χ2v) is 7.58. The highest BCUT2D eigenvalue weighted by Gasteiger charge is 2.27. The van der Waals surface area contributed by atoms with Crippen LogP contribution < -0.4 is 0 Å². The molecule has 116 valence electrons. The van der Waals surface area contributed by atoms with E-state index in [2.05, 4.69) is 11.9 Å². The van der Waals surface area contributed by atoms with Crippen LogP contribution in [-0.2, 0) is 14.8 Å². The first-order valence-electron chi connectivity index (χ1n) is 7.05. The van der Waals surface area contributed by atoms with Gasteiger partial charge >= 0.3 is 0 Å². The summed E-state index contributed by atoms with van der Waals surface area (Å²) in [6.45, 7) is 3.39. The highest BCUT2D eigenvalue weighted by Crippen LogP contribution is 2.17. The van der Waals surface area contributed by atoms with Gasteiger partial charge in [-0.05, 0) is 30.9 Å². The maximum absolute atomic E-state index is 12.3. The summed E-state index contributed by atoms with van der Waals surface area (Å²) < 4.78 is 25.7. The van der Waals surface area contributed by atoms with Crippen LogP contribution in [0, 0.1) is 5.92 Å². The summed E-state index contributed by atoms with van der Waals surface area (Å²) in [4.78, 5) is 17.9. The van der Waals surface area contributed by atoms with Gasteiger partial charge in [-0.2, -0.15) is 4.31 Å². The minimum Gasteiger partial charge on any atom is -0.341 e. The lowest BCUT2D eigenvalue weighted by atomic mass is 10.0. The van der Waals surface area contributed by atoms with E-state index in [0.717, 1.165) is 17.1 Å². The molecule has 1 fully saturated rings. The number of nitrogens with zero attached hydrogens (tertiary/aromatic N) is 3. The van der Waals surface area contributed by atoms with Crippen molar-refractivity contribution < 1.29 is 13.2 Å². The predicted molar refractivity (Wildman–Crippen MR) is 79.0 cm³/mol. The lowest BCUT2D eigenvalue weighted by Crippen LogP contribution is -2.45. The van der Waals surface area contributed by atoms with Crippen molar-refractivity contribution in [3.8, 4) is 0 Å². The Morgan fingerprint density at radius 2 is 2.29 bits per heavy atom. The smallest absolute Gasteiger partial charge is 0.244 e. The number of piperidine rings is 1. The molecule has 0 saturated carbocycles. The highest BCUT2D eigenvalue weighted by molar-refractivity contribution is 7.89. The van der Waals surface area contributed by atoms with E-state index in [1.807, 2.05) is 0 Å². The van der Waals surface area contributed by atoms with Gasteiger partial charge < -0.3 is 4.90 Å². The lowest BCUT2D eigenvalue weighted by molar-refractivity contribution is -0.132. The molecule has 0 bridgehead atoms. The van der Waals surface area contributed by atoms with Crippen molar-refractivity contribution >= 4 is 15.9 Å². The fourth-order valence-corrected chi connectivity index (χ4v) is 3.56. The SMILES string of the molecule is CC1CCCN(C(=O)CN(C)S(=O)(=O)c2cccnc2)C1. The molecule has 1 saturated heterocycles. The molecule has 1 atom stereocenters. The van der Waals surface area contributed by atoms with Gasteiger partial charge in [0.25, 0.3) is 0 Å². The van der Waals surface area contributed by atoms with E-state index in [1.54, 1.807) is 11.0 Å². The molecule has 6 nitrogen and oxygen atoms in total. The van der Waals surface area contributed by atoms with Crippen molar-refractivity contribution in [2.75, 3.05) is 26.7 Å². The van der Waals surface area contributed by atoms with Crippen LogP contribution in [0.2, 0.25) is 0 Å². The first-order chi connectivity index (χ1) is 9.91. The first kappa shape index (κ1) is 15.9. The Kier molecular flexibility index (Phi) is 4.95. The molecule has 0 N–H and O–H groups in total. The van der Waals surface area contributed by atoms with E-state index >= 15 is 0 Å². The van der Waals surface area contributed by atoms with Crippen molar-refractivity contribution in [2.45, 2.75) is 24.7 Å². The zero-order chi connectivity index (χ0) is 15.5. The Bertz CT molecular complexity index is 589. The molecule has 2 rings (SSSR count). The first-order valence-corrected chi connectivity index (χ1v) is 8.49. The third-order valence-electron chi connectivity index (χ3n) is 3.71. The molecule has 0 aliphatic carbocycles. The highest BCUT2D eigenvalue weighted by atomic mass is 32.2. The van der Waals surface area contributed by atoms with Crippen molar-refractivity contribution in [1.29, 1.82) is 0 Å². The van der Waals surface area contributed by atoms with E-state index in [0.29, 0.717) is 19.0 Å². The van der Waals surface area contributed by atoms with Crippen molar-refractivity contribution in [2.24, 2.45) is 5.92 Å². The summed E-state index contributed by atoms with van der Waals surface area (Å²) in [7, 11) is -2.24. The molecule has 0 aromatic carbocycles. The van der Waals surface area contributed by atoms with Crippen molar-refractivity contribution in [1.82, 2.24) is 14.2 Å². The molecular weight excluding hydrogens is 290 g/mol. The molecule has 1 aromatic rings. The fourth-order valence-electron chi connectivity index (χ4n) is 2.47. The summed E-state index contributed by atoms with van der Waals surface area (Å²) in [6.07, 6.45) is 4.90. The Morgan fingerprint density at radius 3 is 2.90 bits per heavy atom. The molecule has 0 radical (unpaired) electrons. The quantitative estimate of drug-likeness (QED) is 0.830. The molecule has 1 aromatic heterocycles. The van der Waals surface area contributed by atoms with Crippen molar-refractivity contribution in [3.05, 3.63) is 24.5 Å². The van der Waals surface area contributed by atoms with E-state index in [4.69, 9.17) is 0 Å². The molecule has 1 unspecified atom stereocenters. The minimum absolute atomic E-state index is 0.104. The van der Waals surface area contributed by atoms with Gasteiger partial charge in [-0.3, -0.25) is 9.78 Å². The van der Waals surface area contributed by atoms with E-state index < -0.39 is 10.0 Å². The third kappa shape index (κ3) is 3.79. The summed E-state index contributed by atoms with van der Waals surface area (Å²) in [5, 5.41) is 0. The normalized spacial score (nSPS) is 19.8. The number of carbonyl (C=O) groups excluding carboxylic acids is 1. The average Bonchev–Trinajstić information content (AvgIpc) is 2.48. The maximum Gasteiger partial charge on any atom is 0.244 e. The van der Waals surface area contributed by atoms with Crippen molar-refractivity contribution in [3.63, 3.8) is 0 Å². The van der Waals surface area contributed by atoms with Crippen LogP contribution in [-0.4, -0.2) is 55.2 Å². The molecule has 1 aliphatic heterocycles. The Labute approximate surface area is 125 Å². The molecular formula is C14H21N3O3S. The molecule has 21 heavy (non-hydrogen) atoms. The fraction of sp³-hybridized carbons (Fsp3) is 0.571. The number of hydrogen-bond donors (Lipinski definition) is 0. The standard InChI is InChI=1S/C14H21N3O3S/c1-12-5-4-8-17(10-12)14(18)11-16(2)21(19,20)13-6-3-7-15-9-13/h3,6-7,9,12H,4-5,8,10-11H2,1-2H3. The summed E-state index contributed by atoms with van der Waals surface area (Å²) >= 11 is 0. The van der Waals surface area contributed by atoms with Gasteiger partial charge in [-0.25, -0.2) is 8.42 Å². The van der Waals surface area contributed by atoms with E-state index in [-0.39, 0.29) is 17.3 Å². The second-order valence-electron chi connectivity index (χ2n) is 5.54. The van der Waals surface area contributed by atoms with Gasteiger partial charge in [0.1, 0.15) is 4.90 Å². The van der Waals surface area contributed by atoms with Crippen LogP contribution in [0.1, 0.15) is 19.8 Å². The van der Waals surface area contributed by atoms with Gasteiger partial charge in [0.05, 0.1) is 6.54 Å². The number of pyridine rings is 1. The van der Waals surface area contributed by atoms with Gasteiger partial charge in [0.2, 0.25) is 15.9 Å². The van der Waals surface area contributed by atoms with E-state index in [9.17, 15) is 13.2 Å². The van der Waals surface area contributed by atoms with Gasteiger partial charge in [-0.1, -0.05) is 6.92 Å². The number of rotatable bonds is 4. The molecule has 1 amide bonds. The van der Waals surface area contributed by atoms with E-state index in [1.165, 1.54) is 25.5 Å². The maximum atomic E-state index is 12.3. The zero-order valence-corrected chi connectivity index (χ0v) is 13.2. The zero-order valence-electron chi connectivity index (χ0n) is 12.4. The molecule has 7 heteroatoms. The van der Waals surface area contributed by atoms with Gasteiger partial charge in [0, 0.05) is 32.5 Å². The summed E-state index contributed by atoms with van der Waals surface area (Å²) in [5.74, 6) is 0.333.